The minimum Gasteiger partial charge on any atom is -0.496 e. The number of nitrogens with zero attached hydrogens (tertiary/aromatic N) is 1. The Bertz CT molecular complexity index is 1030. The van der Waals surface area contributed by atoms with E-state index < -0.39 is 10.0 Å². The number of anilines is 1. The van der Waals surface area contributed by atoms with Crippen LogP contribution in [-0.4, -0.2) is 59.1 Å². The second kappa shape index (κ2) is 11.0. The Hall–Kier alpha value is -2.33. The summed E-state index contributed by atoms with van der Waals surface area (Å²) < 4.78 is 32.5. The topological polar surface area (TPSA) is 114 Å². The third-order valence-electron chi connectivity index (χ3n) is 5.60. The molecule has 4 N–H and O–H groups in total. The van der Waals surface area contributed by atoms with Gasteiger partial charge in [-0.25, -0.2) is 13.1 Å². The van der Waals surface area contributed by atoms with Crippen LogP contribution < -0.4 is 20.5 Å². The Kier molecular flexibility index (Phi) is 8.36. The van der Waals surface area contributed by atoms with E-state index >= 15 is 0 Å². The first kappa shape index (κ1) is 24.3. The van der Waals surface area contributed by atoms with Crippen LogP contribution in [0.1, 0.15) is 23.2 Å². The highest BCUT2D eigenvalue weighted by Crippen LogP contribution is 2.29. The summed E-state index contributed by atoms with van der Waals surface area (Å²) in [6.45, 7) is 3.26. The zero-order valence-electron chi connectivity index (χ0n) is 18.0. The molecule has 0 aliphatic carbocycles. The largest absolute Gasteiger partial charge is 0.496 e. The highest BCUT2D eigenvalue weighted by atomic mass is 35.5. The van der Waals surface area contributed by atoms with Crippen molar-refractivity contribution >= 4 is 33.2 Å². The highest BCUT2D eigenvalue weighted by Gasteiger charge is 2.22. The molecular weight excluding hydrogens is 452 g/mol. The fraction of sp³-hybridized carbons (Fsp3) is 0.409. The lowest BCUT2D eigenvalue weighted by atomic mass is 9.96. The van der Waals surface area contributed by atoms with E-state index in [2.05, 4.69) is 14.9 Å². The van der Waals surface area contributed by atoms with Gasteiger partial charge in [0.1, 0.15) is 5.75 Å². The lowest BCUT2D eigenvalue weighted by Crippen LogP contribution is -2.42. The van der Waals surface area contributed by atoms with Gasteiger partial charge in [-0.15, -0.1) is 0 Å². The molecule has 8 nitrogen and oxygen atoms in total. The molecule has 10 heteroatoms. The Morgan fingerprint density at radius 2 is 1.91 bits per heavy atom. The molecule has 0 atom stereocenters. The minimum absolute atomic E-state index is 0.249. The molecule has 1 amide bonds. The number of hydrogen-bond acceptors (Lipinski definition) is 6. The lowest BCUT2D eigenvalue weighted by molar-refractivity contribution is 0.0933. The molecule has 1 heterocycles. The average Bonchev–Trinajstić information content (AvgIpc) is 2.80. The maximum atomic E-state index is 12.6. The van der Waals surface area contributed by atoms with Gasteiger partial charge in [0.05, 0.1) is 28.3 Å². The zero-order chi connectivity index (χ0) is 23.1. The molecule has 174 valence electrons. The van der Waals surface area contributed by atoms with Gasteiger partial charge in [-0.2, -0.15) is 0 Å². The molecule has 2 aromatic rings. The first-order valence-corrected chi connectivity index (χ1v) is 12.3. The summed E-state index contributed by atoms with van der Waals surface area (Å²) in [6.07, 6.45) is 1.84. The molecule has 0 saturated carbocycles. The summed E-state index contributed by atoms with van der Waals surface area (Å²) in [5, 5.41) is 3.27. The summed E-state index contributed by atoms with van der Waals surface area (Å²) in [5.41, 5.74) is 6.49. The zero-order valence-corrected chi connectivity index (χ0v) is 19.6. The average molecular weight is 481 g/mol. The first-order valence-electron chi connectivity index (χ1n) is 10.5. The van der Waals surface area contributed by atoms with Crippen molar-refractivity contribution in [2.75, 3.05) is 45.6 Å². The van der Waals surface area contributed by atoms with Crippen LogP contribution in [0.25, 0.3) is 0 Å². The predicted octanol–water partition coefficient (Wildman–Crippen LogP) is 2.35. The molecule has 1 aliphatic heterocycles. The van der Waals surface area contributed by atoms with Crippen molar-refractivity contribution in [3.8, 4) is 5.75 Å². The fourth-order valence-electron chi connectivity index (χ4n) is 3.68. The van der Waals surface area contributed by atoms with E-state index in [9.17, 15) is 13.2 Å². The number of benzene rings is 2. The van der Waals surface area contributed by atoms with Crippen molar-refractivity contribution in [1.29, 1.82) is 0 Å². The summed E-state index contributed by atoms with van der Waals surface area (Å²) in [4.78, 5) is 15.1. The van der Waals surface area contributed by atoms with Crippen molar-refractivity contribution in [2.24, 2.45) is 5.92 Å². The number of sulfonamides is 1. The van der Waals surface area contributed by atoms with Crippen molar-refractivity contribution in [2.45, 2.75) is 17.7 Å². The molecule has 0 spiro atoms. The van der Waals surface area contributed by atoms with Crippen LogP contribution in [0.5, 0.6) is 5.75 Å². The Morgan fingerprint density at radius 3 is 2.56 bits per heavy atom. The van der Waals surface area contributed by atoms with Gasteiger partial charge < -0.3 is 20.7 Å². The van der Waals surface area contributed by atoms with E-state index in [0.29, 0.717) is 47.6 Å². The number of methoxy groups -OCH3 is 1. The number of ether oxygens (including phenoxy) is 1. The van der Waals surface area contributed by atoms with Gasteiger partial charge in [0.2, 0.25) is 10.0 Å². The number of piperidine rings is 1. The maximum Gasteiger partial charge on any atom is 0.255 e. The van der Waals surface area contributed by atoms with Crippen LogP contribution in [0, 0.1) is 5.92 Å². The number of hydrogen-bond donors (Lipinski definition) is 3. The van der Waals surface area contributed by atoms with Gasteiger partial charge in [0.15, 0.2) is 0 Å². The summed E-state index contributed by atoms with van der Waals surface area (Å²) in [5.74, 6) is 0.491. The molecule has 1 aliphatic rings. The molecule has 1 saturated heterocycles. The van der Waals surface area contributed by atoms with E-state index in [1.54, 1.807) is 36.4 Å². The van der Waals surface area contributed by atoms with E-state index in [4.69, 9.17) is 22.1 Å². The van der Waals surface area contributed by atoms with Crippen molar-refractivity contribution in [3.63, 3.8) is 0 Å². The molecule has 0 radical (unpaired) electrons. The molecule has 32 heavy (non-hydrogen) atoms. The first-order chi connectivity index (χ1) is 15.3. The van der Waals surface area contributed by atoms with Gasteiger partial charge >= 0.3 is 0 Å². The van der Waals surface area contributed by atoms with Gasteiger partial charge in [0, 0.05) is 25.7 Å². The number of nitrogen functional groups attached to an aromatic ring is 1. The number of rotatable bonds is 9. The Balaban J connectivity index is 1.41. The van der Waals surface area contributed by atoms with E-state index in [0.717, 1.165) is 25.9 Å². The van der Waals surface area contributed by atoms with Crippen molar-refractivity contribution in [3.05, 3.63) is 53.1 Å². The fourth-order valence-corrected chi connectivity index (χ4v) is 4.89. The standard InChI is InChI=1S/C22H29ClN4O4S/c1-31-21-14-20(24)19(23)13-18(21)22(28)25-15-16-7-10-27(11-8-16)12-9-26-32(29,30)17-5-3-2-4-6-17/h2-6,13-14,16,26H,7-12,15,24H2,1H3,(H,25,28). The maximum absolute atomic E-state index is 12.6. The Labute approximate surface area is 194 Å². The summed E-state index contributed by atoms with van der Waals surface area (Å²) in [7, 11) is -2.00. The molecule has 1 fully saturated rings. The molecule has 0 unspecified atom stereocenters. The van der Waals surface area contributed by atoms with E-state index in [1.807, 2.05) is 0 Å². The SMILES string of the molecule is COc1cc(N)c(Cl)cc1C(=O)NCC1CCN(CCNS(=O)(=O)c2ccccc2)CC1. The van der Waals surface area contributed by atoms with Crippen LogP contribution in [0.4, 0.5) is 5.69 Å². The van der Waals surface area contributed by atoms with Crippen LogP contribution in [0.3, 0.4) is 0 Å². The molecule has 2 aromatic carbocycles. The van der Waals surface area contributed by atoms with Gasteiger partial charge in [-0.05, 0) is 50.0 Å². The number of carbonyl (C=O) groups is 1. The van der Waals surface area contributed by atoms with E-state index in [-0.39, 0.29) is 10.8 Å². The normalized spacial score (nSPS) is 15.4. The summed E-state index contributed by atoms with van der Waals surface area (Å²) in [6, 6.07) is 11.4. The number of carbonyl (C=O) groups excluding carboxylic acids is 1. The molecule has 0 bridgehead atoms. The monoisotopic (exact) mass is 480 g/mol. The van der Waals surface area contributed by atoms with Gasteiger partial charge in [-0.3, -0.25) is 4.79 Å². The number of halogens is 1. The van der Waals surface area contributed by atoms with Crippen molar-refractivity contribution in [1.82, 2.24) is 14.9 Å². The third kappa shape index (κ3) is 6.35. The highest BCUT2D eigenvalue weighted by molar-refractivity contribution is 7.89. The Morgan fingerprint density at radius 1 is 1.22 bits per heavy atom. The number of nitrogens with two attached hydrogens (primary N) is 1. The van der Waals surface area contributed by atoms with Crippen LogP contribution in [0.2, 0.25) is 5.02 Å². The minimum atomic E-state index is -3.48. The van der Waals surface area contributed by atoms with Crippen LogP contribution in [0.15, 0.2) is 47.4 Å². The smallest absolute Gasteiger partial charge is 0.255 e. The lowest BCUT2D eigenvalue weighted by Gasteiger charge is -2.32. The number of amides is 1. The van der Waals surface area contributed by atoms with Crippen LogP contribution >= 0.6 is 11.6 Å². The quantitative estimate of drug-likeness (QED) is 0.475. The van der Waals surface area contributed by atoms with Crippen LogP contribution in [-0.2, 0) is 10.0 Å². The van der Waals surface area contributed by atoms with Crippen molar-refractivity contribution < 1.29 is 17.9 Å². The predicted molar refractivity (Wildman–Crippen MR) is 126 cm³/mol. The third-order valence-corrected chi connectivity index (χ3v) is 7.40. The molecule has 0 aromatic heterocycles. The second-order valence-corrected chi connectivity index (χ2v) is 9.95. The van der Waals surface area contributed by atoms with E-state index in [1.165, 1.54) is 13.2 Å². The number of likely N-dealkylation sites (tertiary alicyclic amines) is 1. The summed E-state index contributed by atoms with van der Waals surface area (Å²) >= 11 is 6.05. The second-order valence-electron chi connectivity index (χ2n) is 7.78. The van der Waals surface area contributed by atoms with Gasteiger partial charge in [-0.1, -0.05) is 29.8 Å². The molecular formula is C22H29ClN4O4S. The molecule has 3 rings (SSSR count). The van der Waals surface area contributed by atoms with Gasteiger partial charge in [0.25, 0.3) is 5.91 Å². The number of nitrogens with one attached hydrogen (secondary N) is 2.